The Labute approximate surface area is 160 Å². The van der Waals surface area contributed by atoms with Gasteiger partial charge in [0.2, 0.25) is 5.95 Å². The molecule has 3 aromatic rings. The summed E-state index contributed by atoms with van der Waals surface area (Å²) < 4.78 is 5.13. The predicted molar refractivity (Wildman–Crippen MR) is 102 cm³/mol. The molecule has 1 aromatic carbocycles. The van der Waals surface area contributed by atoms with Crippen LogP contribution in [0.15, 0.2) is 30.5 Å². The third-order valence-electron chi connectivity index (χ3n) is 4.68. The average molecular weight is 387 g/mol. The number of para-hydroxylation sites is 1. The molecule has 0 bridgehead atoms. The van der Waals surface area contributed by atoms with E-state index in [-0.39, 0.29) is 12.1 Å². The lowest BCUT2D eigenvalue weighted by Gasteiger charge is -2.29. The molecule has 27 heavy (non-hydrogen) atoms. The first-order chi connectivity index (χ1) is 13.1. The molecule has 1 fully saturated rings. The summed E-state index contributed by atoms with van der Waals surface area (Å²) in [5.74, 6) is 0.464. The Bertz CT molecular complexity index is 975. The standard InChI is InChI=1S/C18H19ClN6O2/c19-13-9-21-18(22-10-4-3-5-11(8-10)27-17(20)26)23-16(13)15-12-6-1-2-7-14(12)24-25-15/h1-2,6-7,9-11H,3-5,8H2,(H2,20,26)(H,24,25)(H,21,22,23)/t10-,11+/m1/s1. The van der Waals surface area contributed by atoms with Gasteiger partial charge < -0.3 is 15.8 Å². The van der Waals surface area contributed by atoms with E-state index in [9.17, 15) is 4.79 Å². The van der Waals surface area contributed by atoms with Gasteiger partial charge in [-0.1, -0.05) is 29.8 Å². The van der Waals surface area contributed by atoms with Gasteiger partial charge in [-0.15, -0.1) is 0 Å². The van der Waals surface area contributed by atoms with Crippen molar-refractivity contribution in [2.45, 2.75) is 37.8 Å². The number of primary amides is 1. The van der Waals surface area contributed by atoms with Crippen molar-refractivity contribution >= 4 is 34.5 Å². The molecular formula is C18H19ClN6O2. The zero-order valence-corrected chi connectivity index (χ0v) is 15.2. The summed E-state index contributed by atoms with van der Waals surface area (Å²) in [6.45, 7) is 0. The van der Waals surface area contributed by atoms with Crippen LogP contribution in [0.3, 0.4) is 0 Å². The number of rotatable bonds is 4. The van der Waals surface area contributed by atoms with Gasteiger partial charge >= 0.3 is 6.09 Å². The minimum Gasteiger partial charge on any atom is -0.446 e. The van der Waals surface area contributed by atoms with E-state index in [0.717, 1.165) is 30.2 Å². The molecule has 2 atom stereocenters. The van der Waals surface area contributed by atoms with Gasteiger partial charge in [0, 0.05) is 17.8 Å². The number of aromatic nitrogens is 4. The Morgan fingerprint density at radius 2 is 2.15 bits per heavy atom. The summed E-state index contributed by atoms with van der Waals surface area (Å²) in [6, 6.07) is 7.88. The minimum absolute atomic E-state index is 0.0908. The third kappa shape index (κ3) is 3.80. The van der Waals surface area contributed by atoms with E-state index in [1.54, 1.807) is 6.20 Å². The second-order valence-electron chi connectivity index (χ2n) is 6.57. The van der Waals surface area contributed by atoms with Crippen LogP contribution in [0.5, 0.6) is 0 Å². The smallest absolute Gasteiger partial charge is 0.404 e. The summed E-state index contributed by atoms with van der Waals surface area (Å²) in [7, 11) is 0. The van der Waals surface area contributed by atoms with Gasteiger partial charge in [-0.3, -0.25) is 5.10 Å². The zero-order valence-electron chi connectivity index (χ0n) is 14.5. The summed E-state index contributed by atoms with van der Waals surface area (Å²) in [5.41, 5.74) is 7.28. The maximum Gasteiger partial charge on any atom is 0.404 e. The molecule has 4 N–H and O–H groups in total. The average Bonchev–Trinajstić information content (AvgIpc) is 3.07. The fourth-order valence-corrected chi connectivity index (χ4v) is 3.66. The van der Waals surface area contributed by atoms with Crippen molar-refractivity contribution in [2.75, 3.05) is 5.32 Å². The van der Waals surface area contributed by atoms with Gasteiger partial charge in [-0.25, -0.2) is 14.8 Å². The van der Waals surface area contributed by atoms with Gasteiger partial charge in [-0.2, -0.15) is 5.10 Å². The van der Waals surface area contributed by atoms with Gasteiger partial charge in [0.25, 0.3) is 0 Å². The zero-order chi connectivity index (χ0) is 18.8. The van der Waals surface area contributed by atoms with E-state index in [1.807, 2.05) is 24.3 Å². The number of nitrogens with one attached hydrogen (secondary N) is 2. The number of nitrogens with two attached hydrogens (primary N) is 1. The van der Waals surface area contributed by atoms with E-state index in [1.165, 1.54) is 0 Å². The highest BCUT2D eigenvalue weighted by Gasteiger charge is 2.25. The van der Waals surface area contributed by atoms with Crippen molar-refractivity contribution in [3.8, 4) is 11.4 Å². The number of carbonyl (C=O) groups excluding carboxylic acids is 1. The van der Waals surface area contributed by atoms with Crippen molar-refractivity contribution in [3.05, 3.63) is 35.5 Å². The number of amides is 1. The molecule has 0 radical (unpaired) electrons. The SMILES string of the molecule is NC(=O)O[C@H]1CCC[C@@H](Nc2ncc(Cl)c(-c3n[nH]c4ccccc34)n2)C1. The molecule has 0 spiro atoms. The van der Waals surface area contributed by atoms with Crippen molar-refractivity contribution in [1.29, 1.82) is 0 Å². The number of fused-ring (bicyclic) bond motifs is 1. The number of hydrogen-bond acceptors (Lipinski definition) is 6. The lowest BCUT2D eigenvalue weighted by molar-refractivity contribution is 0.0796. The quantitative estimate of drug-likeness (QED) is 0.631. The molecule has 1 aliphatic carbocycles. The van der Waals surface area contributed by atoms with E-state index < -0.39 is 6.09 Å². The number of hydrogen-bond donors (Lipinski definition) is 3. The molecule has 8 nitrogen and oxygen atoms in total. The molecule has 2 aromatic heterocycles. The van der Waals surface area contributed by atoms with Crippen LogP contribution in [-0.2, 0) is 4.74 Å². The fraction of sp³-hybridized carbons (Fsp3) is 0.333. The van der Waals surface area contributed by atoms with Gasteiger partial charge in [0.15, 0.2) is 0 Å². The number of ether oxygens (including phenoxy) is 1. The lowest BCUT2D eigenvalue weighted by Crippen LogP contribution is -2.34. The van der Waals surface area contributed by atoms with Crippen LogP contribution in [-0.4, -0.2) is 38.4 Å². The lowest BCUT2D eigenvalue weighted by atomic mass is 9.93. The number of carbonyl (C=O) groups is 1. The minimum atomic E-state index is -0.740. The van der Waals surface area contributed by atoms with Gasteiger partial charge in [0.05, 0.1) is 16.7 Å². The van der Waals surface area contributed by atoms with Crippen LogP contribution < -0.4 is 11.1 Å². The summed E-state index contributed by atoms with van der Waals surface area (Å²) in [6.07, 6.45) is 3.98. The van der Waals surface area contributed by atoms with Gasteiger partial charge in [0.1, 0.15) is 17.5 Å². The molecule has 1 aliphatic rings. The van der Waals surface area contributed by atoms with Crippen LogP contribution >= 0.6 is 11.6 Å². The molecule has 1 amide bonds. The second-order valence-corrected chi connectivity index (χ2v) is 6.98. The highest BCUT2D eigenvalue weighted by Crippen LogP contribution is 2.31. The summed E-state index contributed by atoms with van der Waals surface area (Å²) >= 11 is 6.33. The predicted octanol–water partition coefficient (Wildman–Crippen LogP) is 3.49. The first-order valence-corrected chi connectivity index (χ1v) is 9.16. The first-order valence-electron chi connectivity index (χ1n) is 8.79. The Hall–Kier alpha value is -2.87. The Morgan fingerprint density at radius 3 is 3.00 bits per heavy atom. The first kappa shape index (κ1) is 17.5. The summed E-state index contributed by atoms with van der Waals surface area (Å²) in [5, 5.41) is 12.0. The van der Waals surface area contributed by atoms with Crippen LogP contribution in [0.4, 0.5) is 10.7 Å². The Morgan fingerprint density at radius 1 is 1.30 bits per heavy atom. The van der Waals surface area contributed by atoms with Crippen LogP contribution in [0.1, 0.15) is 25.7 Å². The topological polar surface area (TPSA) is 119 Å². The van der Waals surface area contributed by atoms with Crippen molar-refractivity contribution in [1.82, 2.24) is 20.2 Å². The number of aromatic amines is 1. The fourth-order valence-electron chi connectivity index (χ4n) is 3.48. The van der Waals surface area contributed by atoms with E-state index in [2.05, 4.69) is 25.5 Å². The number of nitrogens with zero attached hydrogens (tertiary/aromatic N) is 3. The van der Waals surface area contributed by atoms with E-state index in [4.69, 9.17) is 22.1 Å². The molecule has 2 heterocycles. The molecule has 140 valence electrons. The molecule has 0 aliphatic heterocycles. The number of halogens is 1. The second kappa shape index (κ2) is 7.40. The van der Waals surface area contributed by atoms with Crippen LogP contribution in [0.2, 0.25) is 5.02 Å². The van der Waals surface area contributed by atoms with Crippen LogP contribution in [0, 0.1) is 0 Å². The normalized spacial score (nSPS) is 19.7. The summed E-state index contributed by atoms with van der Waals surface area (Å²) in [4.78, 5) is 19.8. The molecular weight excluding hydrogens is 368 g/mol. The highest BCUT2D eigenvalue weighted by molar-refractivity contribution is 6.33. The molecule has 9 heteroatoms. The van der Waals surface area contributed by atoms with Crippen molar-refractivity contribution in [2.24, 2.45) is 5.73 Å². The number of anilines is 1. The molecule has 0 saturated heterocycles. The highest BCUT2D eigenvalue weighted by atomic mass is 35.5. The number of H-pyrrole nitrogens is 1. The number of benzene rings is 1. The maximum absolute atomic E-state index is 11.0. The van der Waals surface area contributed by atoms with E-state index >= 15 is 0 Å². The molecule has 1 saturated carbocycles. The van der Waals surface area contributed by atoms with Crippen molar-refractivity contribution < 1.29 is 9.53 Å². The Balaban J connectivity index is 1.57. The maximum atomic E-state index is 11.0. The molecule has 4 rings (SSSR count). The Kier molecular flexibility index (Phi) is 4.81. The largest absolute Gasteiger partial charge is 0.446 e. The monoisotopic (exact) mass is 386 g/mol. The molecule has 0 unspecified atom stereocenters. The van der Waals surface area contributed by atoms with Crippen molar-refractivity contribution in [3.63, 3.8) is 0 Å². The van der Waals surface area contributed by atoms with Crippen LogP contribution in [0.25, 0.3) is 22.3 Å². The third-order valence-corrected chi connectivity index (χ3v) is 4.96. The van der Waals surface area contributed by atoms with Gasteiger partial charge in [-0.05, 0) is 25.3 Å². The van der Waals surface area contributed by atoms with E-state index in [0.29, 0.717) is 28.8 Å².